The summed E-state index contributed by atoms with van der Waals surface area (Å²) in [4.78, 5) is 41.7. The van der Waals surface area contributed by atoms with Gasteiger partial charge in [-0.3, -0.25) is 19.5 Å². The number of thioether (sulfide) groups is 1. The van der Waals surface area contributed by atoms with Gasteiger partial charge in [-0.05, 0) is 19.1 Å². The quantitative estimate of drug-likeness (QED) is 0.818. The van der Waals surface area contributed by atoms with Crippen molar-refractivity contribution in [2.45, 2.75) is 18.6 Å². The summed E-state index contributed by atoms with van der Waals surface area (Å²) in [5.74, 6) is -1.00. The van der Waals surface area contributed by atoms with E-state index in [9.17, 15) is 14.4 Å². The molecule has 8 heteroatoms. The number of ether oxygens (including phenoxy) is 1. The highest BCUT2D eigenvalue weighted by molar-refractivity contribution is 8.15. The van der Waals surface area contributed by atoms with Crippen LogP contribution in [-0.2, 0) is 14.3 Å². The van der Waals surface area contributed by atoms with Gasteiger partial charge in [-0.15, -0.1) is 0 Å². The topological polar surface area (TPSA) is 88.1 Å². The standard InChI is InChI=1S/C16H19N3O4S/c1-4-23-15(22)10-7-5-6-8-11(10)18-13(20)9-12-14(21)19(3)16(17-2)24-12/h5-8,12H,4,9H2,1-3H3,(H,18,20)/t12-/m1/s1. The Morgan fingerprint density at radius 1 is 1.38 bits per heavy atom. The number of hydrogen-bond acceptors (Lipinski definition) is 6. The third-order valence-corrected chi connectivity index (χ3v) is 4.72. The Morgan fingerprint density at radius 3 is 2.71 bits per heavy atom. The van der Waals surface area contributed by atoms with Crippen molar-refractivity contribution in [2.24, 2.45) is 4.99 Å². The Labute approximate surface area is 144 Å². The summed E-state index contributed by atoms with van der Waals surface area (Å²) in [7, 11) is 3.23. The molecule has 24 heavy (non-hydrogen) atoms. The van der Waals surface area contributed by atoms with Crippen LogP contribution in [0.1, 0.15) is 23.7 Å². The molecule has 0 aliphatic carbocycles. The number of aliphatic imine (C=N–C) groups is 1. The molecule has 1 fully saturated rings. The second-order valence-corrected chi connectivity index (χ2v) is 6.20. The lowest BCUT2D eigenvalue weighted by atomic mass is 10.1. The number of amides is 2. The van der Waals surface area contributed by atoms with Crippen LogP contribution in [0.15, 0.2) is 29.3 Å². The van der Waals surface area contributed by atoms with E-state index in [0.29, 0.717) is 10.9 Å². The molecule has 0 spiro atoms. The van der Waals surface area contributed by atoms with Crippen LogP contribution in [0.3, 0.4) is 0 Å². The van der Waals surface area contributed by atoms with Gasteiger partial charge in [0.1, 0.15) is 5.25 Å². The largest absolute Gasteiger partial charge is 0.462 e. The molecule has 1 aliphatic heterocycles. The van der Waals surface area contributed by atoms with E-state index in [1.54, 1.807) is 45.3 Å². The molecule has 1 saturated heterocycles. The lowest BCUT2D eigenvalue weighted by molar-refractivity contribution is -0.127. The Kier molecular flexibility index (Phi) is 5.97. The lowest BCUT2D eigenvalue weighted by Gasteiger charge is -2.11. The van der Waals surface area contributed by atoms with Crippen molar-refractivity contribution in [3.8, 4) is 0 Å². The second-order valence-electron chi connectivity index (χ2n) is 5.03. The first-order valence-electron chi connectivity index (χ1n) is 7.45. The molecule has 1 heterocycles. The number of esters is 1. The van der Waals surface area contributed by atoms with Gasteiger partial charge in [0.25, 0.3) is 0 Å². The van der Waals surface area contributed by atoms with Gasteiger partial charge in [-0.1, -0.05) is 23.9 Å². The molecule has 2 rings (SSSR count). The zero-order valence-corrected chi connectivity index (χ0v) is 14.6. The Hall–Kier alpha value is -2.35. The van der Waals surface area contributed by atoms with Crippen molar-refractivity contribution >= 4 is 40.4 Å². The first kappa shape index (κ1) is 18.0. The first-order valence-corrected chi connectivity index (χ1v) is 8.32. The zero-order valence-electron chi connectivity index (χ0n) is 13.7. The molecule has 0 unspecified atom stereocenters. The fraction of sp³-hybridized carbons (Fsp3) is 0.375. The van der Waals surface area contributed by atoms with Crippen LogP contribution in [0, 0.1) is 0 Å². The van der Waals surface area contributed by atoms with Crippen LogP contribution in [-0.4, -0.2) is 53.8 Å². The molecule has 0 aromatic heterocycles. The highest BCUT2D eigenvalue weighted by atomic mass is 32.2. The normalized spacial score (nSPS) is 18.8. The number of rotatable bonds is 5. The minimum atomic E-state index is -0.511. The van der Waals surface area contributed by atoms with Crippen LogP contribution in [0.5, 0.6) is 0 Å². The van der Waals surface area contributed by atoms with Gasteiger partial charge in [0.15, 0.2) is 5.17 Å². The Balaban J connectivity index is 2.06. The van der Waals surface area contributed by atoms with Crippen molar-refractivity contribution in [3.05, 3.63) is 29.8 Å². The number of benzene rings is 1. The number of amidine groups is 1. The molecule has 1 aromatic carbocycles. The van der Waals surface area contributed by atoms with Crippen LogP contribution in [0.25, 0.3) is 0 Å². The van der Waals surface area contributed by atoms with Crippen LogP contribution >= 0.6 is 11.8 Å². The average molecular weight is 349 g/mol. The summed E-state index contributed by atoms with van der Waals surface area (Å²) >= 11 is 1.26. The van der Waals surface area contributed by atoms with Gasteiger partial charge in [0.2, 0.25) is 11.8 Å². The number of nitrogens with one attached hydrogen (secondary N) is 1. The molecule has 1 aromatic rings. The molecular formula is C16H19N3O4S. The minimum Gasteiger partial charge on any atom is -0.462 e. The molecular weight excluding hydrogens is 330 g/mol. The predicted octanol–water partition coefficient (Wildman–Crippen LogP) is 1.75. The smallest absolute Gasteiger partial charge is 0.340 e. The number of para-hydroxylation sites is 1. The molecule has 1 N–H and O–H groups in total. The number of carbonyl (C=O) groups is 3. The summed E-state index contributed by atoms with van der Waals surface area (Å²) in [5.41, 5.74) is 0.653. The van der Waals surface area contributed by atoms with Crippen molar-refractivity contribution in [3.63, 3.8) is 0 Å². The van der Waals surface area contributed by atoms with E-state index in [2.05, 4.69) is 10.3 Å². The fourth-order valence-electron chi connectivity index (χ4n) is 2.25. The van der Waals surface area contributed by atoms with Crippen LogP contribution in [0.4, 0.5) is 5.69 Å². The third kappa shape index (κ3) is 3.94. The Morgan fingerprint density at radius 2 is 2.08 bits per heavy atom. The number of hydrogen-bond donors (Lipinski definition) is 1. The van der Waals surface area contributed by atoms with E-state index in [0.717, 1.165) is 0 Å². The Bertz CT molecular complexity index is 690. The van der Waals surface area contributed by atoms with E-state index in [-0.39, 0.29) is 30.4 Å². The van der Waals surface area contributed by atoms with E-state index in [4.69, 9.17) is 4.74 Å². The van der Waals surface area contributed by atoms with Gasteiger partial charge >= 0.3 is 5.97 Å². The maximum Gasteiger partial charge on any atom is 0.340 e. The van der Waals surface area contributed by atoms with Gasteiger partial charge in [-0.25, -0.2) is 4.79 Å². The average Bonchev–Trinajstić information content (AvgIpc) is 2.83. The molecule has 0 radical (unpaired) electrons. The molecule has 7 nitrogen and oxygen atoms in total. The van der Waals surface area contributed by atoms with Gasteiger partial charge in [0.05, 0.1) is 17.9 Å². The SMILES string of the molecule is CCOC(=O)c1ccccc1NC(=O)C[C@H]1SC(=NC)N(C)C1=O. The molecule has 0 bridgehead atoms. The van der Waals surface area contributed by atoms with Gasteiger partial charge in [-0.2, -0.15) is 0 Å². The highest BCUT2D eigenvalue weighted by Crippen LogP contribution is 2.28. The molecule has 128 valence electrons. The second kappa shape index (κ2) is 7.96. The van der Waals surface area contributed by atoms with Gasteiger partial charge in [0, 0.05) is 20.5 Å². The molecule has 2 amide bonds. The lowest BCUT2D eigenvalue weighted by Crippen LogP contribution is -2.30. The van der Waals surface area contributed by atoms with Crippen LogP contribution < -0.4 is 5.32 Å². The predicted molar refractivity (Wildman–Crippen MR) is 93.2 cm³/mol. The van der Waals surface area contributed by atoms with E-state index in [1.807, 2.05) is 0 Å². The zero-order chi connectivity index (χ0) is 17.7. The van der Waals surface area contributed by atoms with E-state index < -0.39 is 11.2 Å². The third-order valence-electron chi connectivity index (χ3n) is 3.40. The maximum absolute atomic E-state index is 12.3. The van der Waals surface area contributed by atoms with Crippen molar-refractivity contribution < 1.29 is 19.1 Å². The summed E-state index contributed by atoms with van der Waals surface area (Å²) in [6.45, 7) is 1.96. The number of anilines is 1. The van der Waals surface area contributed by atoms with Crippen molar-refractivity contribution in [1.29, 1.82) is 0 Å². The monoisotopic (exact) mass is 349 g/mol. The number of nitrogens with zero attached hydrogens (tertiary/aromatic N) is 2. The summed E-state index contributed by atoms with van der Waals surface area (Å²) in [6.07, 6.45) is 0.00399. The first-order chi connectivity index (χ1) is 11.5. The minimum absolute atomic E-state index is 0.00399. The molecule has 1 aliphatic rings. The number of carbonyl (C=O) groups excluding carboxylic acids is 3. The van der Waals surface area contributed by atoms with Crippen molar-refractivity contribution in [2.75, 3.05) is 26.0 Å². The highest BCUT2D eigenvalue weighted by Gasteiger charge is 2.36. The summed E-state index contributed by atoms with van der Waals surface area (Å²) < 4.78 is 4.97. The van der Waals surface area contributed by atoms with Gasteiger partial charge < -0.3 is 10.1 Å². The summed E-state index contributed by atoms with van der Waals surface area (Å²) in [6, 6.07) is 6.61. The van der Waals surface area contributed by atoms with Crippen molar-refractivity contribution in [1.82, 2.24) is 4.90 Å². The van der Waals surface area contributed by atoms with E-state index >= 15 is 0 Å². The fourth-order valence-corrected chi connectivity index (χ4v) is 3.35. The molecule has 1 atom stereocenters. The maximum atomic E-state index is 12.3. The van der Waals surface area contributed by atoms with E-state index in [1.165, 1.54) is 16.7 Å². The van der Waals surface area contributed by atoms with Crippen LogP contribution in [0.2, 0.25) is 0 Å². The summed E-state index contributed by atoms with van der Waals surface area (Å²) in [5, 5.41) is 2.76. The molecule has 0 saturated carbocycles.